The van der Waals surface area contributed by atoms with Gasteiger partial charge in [-0.15, -0.1) is 0 Å². The molecule has 1 aromatic heterocycles. The third kappa shape index (κ3) is 4.88. The maximum Gasteiger partial charge on any atom is 0.226 e. The molecule has 4 nitrogen and oxygen atoms in total. The molecule has 6 heteroatoms. The number of anilines is 1. The zero-order valence-corrected chi connectivity index (χ0v) is 16.7. The maximum atomic E-state index is 13.5. The summed E-state index contributed by atoms with van der Waals surface area (Å²) in [5.41, 5.74) is 2.60. The average molecular weight is 396 g/mol. The summed E-state index contributed by atoms with van der Waals surface area (Å²) in [7, 11) is 0. The Kier molecular flexibility index (Phi) is 6.00. The van der Waals surface area contributed by atoms with E-state index in [0.29, 0.717) is 6.04 Å². The SMILES string of the molecule is Cc1nc(N2CCC[C@H](NCCc3cccc(F)c3)CC2)nc2ccc(F)cc12. The van der Waals surface area contributed by atoms with Gasteiger partial charge in [0.1, 0.15) is 11.6 Å². The van der Waals surface area contributed by atoms with Gasteiger partial charge in [0.25, 0.3) is 0 Å². The van der Waals surface area contributed by atoms with E-state index in [1.54, 1.807) is 18.2 Å². The van der Waals surface area contributed by atoms with Crippen molar-refractivity contribution in [2.24, 2.45) is 0 Å². The molecule has 1 N–H and O–H groups in total. The number of nitrogens with one attached hydrogen (secondary N) is 1. The molecule has 0 saturated carbocycles. The summed E-state index contributed by atoms with van der Waals surface area (Å²) in [6, 6.07) is 11.9. The van der Waals surface area contributed by atoms with Crippen LogP contribution in [0.25, 0.3) is 10.9 Å². The second-order valence-corrected chi connectivity index (χ2v) is 7.72. The Morgan fingerprint density at radius 1 is 1.03 bits per heavy atom. The third-order valence-corrected chi connectivity index (χ3v) is 5.58. The molecular formula is C23H26F2N4. The minimum Gasteiger partial charge on any atom is -0.341 e. The van der Waals surface area contributed by atoms with E-state index in [2.05, 4.69) is 20.2 Å². The molecule has 0 aliphatic carbocycles. The minimum absolute atomic E-state index is 0.180. The fourth-order valence-corrected chi connectivity index (χ4v) is 3.99. The zero-order valence-electron chi connectivity index (χ0n) is 16.7. The van der Waals surface area contributed by atoms with Crippen LogP contribution in [0, 0.1) is 18.6 Å². The highest BCUT2D eigenvalue weighted by molar-refractivity contribution is 5.81. The van der Waals surface area contributed by atoms with Crippen LogP contribution in [0.3, 0.4) is 0 Å². The summed E-state index contributed by atoms with van der Waals surface area (Å²) in [5.74, 6) is 0.280. The van der Waals surface area contributed by atoms with E-state index in [0.717, 1.165) is 73.4 Å². The summed E-state index contributed by atoms with van der Waals surface area (Å²) in [4.78, 5) is 11.5. The van der Waals surface area contributed by atoms with Crippen molar-refractivity contribution in [3.05, 3.63) is 65.4 Å². The zero-order chi connectivity index (χ0) is 20.2. The molecule has 1 atom stereocenters. The molecule has 29 heavy (non-hydrogen) atoms. The first-order chi connectivity index (χ1) is 14.1. The van der Waals surface area contributed by atoms with E-state index in [-0.39, 0.29) is 11.6 Å². The van der Waals surface area contributed by atoms with Crippen molar-refractivity contribution in [3.63, 3.8) is 0 Å². The first-order valence-corrected chi connectivity index (χ1v) is 10.3. The molecule has 0 unspecified atom stereocenters. The molecule has 1 aliphatic rings. The average Bonchev–Trinajstić information content (AvgIpc) is 2.94. The number of rotatable bonds is 5. The number of benzene rings is 2. The summed E-state index contributed by atoms with van der Waals surface area (Å²) in [6.07, 6.45) is 3.98. The number of aryl methyl sites for hydroxylation is 1. The minimum atomic E-state index is -0.265. The highest BCUT2D eigenvalue weighted by atomic mass is 19.1. The van der Waals surface area contributed by atoms with Crippen LogP contribution in [0.5, 0.6) is 0 Å². The van der Waals surface area contributed by atoms with Gasteiger partial charge >= 0.3 is 0 Å². The number of hydrogen-bond acceptors (Lipinski definition) is 4. The molecule has 2 aromatic carbocycles. The Labute approximate surface area is 170 Å². The normalized spacial score (nSPS) is 17.5. The predicted molar refractivity (Wildman–Crippen MR) is 112 cm³/mol. The standard InChI is InChI=1S/C23H26F2N4/c1-16-21-15-19(25)7-8-22(21)28-23(27-16)29-12-3-6-20(10-13-29)26-11-9-17-4-2-5-18(24)14-17/h2,4-5,7-8,14-15,20,26H,3,6,9-13H2,1H3/t20-/m0/s1. The Hall–Kier alpha value is -2.60. The van der Waals surface area contributed by atoms with Gasteiger partial charge < -0.3 is 10.2 Å². The van der Waals surface area contributed by atoms with Crippen LogP contribution in [0.1, 0.15) is 30.5 Å². The molecular weight excluding hydrogens is 370 g/mol. The second-order valence-electron chi connectivity index (χ2n) is 7.72. The first-order valence-electron chi connectivity index (χ1n) is 10.3. The third-order valence-electron chi connectivity index (χ3n) is 5.58. The summed E-state index contributed by atoms with van der Waals surface area (Å²) in [5, 5.41) is 4.38. The maximum absolute atomic E-state index is 13.5. The quantitative estimate of drug-likeness (QED) is 0.694. The van der Waals surface area contributed by atoms with Gasteiger partial charge in [-0.05, 0) is 75.0 Å². The fourth-order valence-electron chi connectivity index (χ4n) is 3.99. The van der Waals surface area contributed by atoms with E-state index in [9.17, 15) is 8.78 Å². The monoisotopic (exact) mass is 396 g/mol. The van der Waals surface area contributed by atoms with Gasteiger partial charge in [-0.3, -0.25) is 0 Å². The van der Waals surface area contributed by atoms with Crippen molar-refractivity contribution in [3.8, 4) is 0 Å². The molecule has 1 aliphatic heterocycles. The van der Waals surface area contributed by atoms with Gasteiger partial charge in [-0.1, -0.05) is 12.1 Å². The van der Waals surface area contributed by atoms with Crippen LogP contribution in [-0.2, 0) is 6.42 Å². The van der Waals surface area contributed by atoms with E-state index in [4.69, 9.17) is 0 Å². The van der Waals surface area contributed by atoms with Crippen LogP contribution in [0.4, 0.5) is 14.7 Å². The largest absolute Gasteiger partial charge is 0.341 e. The molecule has 1 fully saturated rings. The summed E-state index contributed by atoms with van der Waals surface area (Å²) < 4.78 is 26.8. The summed E-state index contributed by atoms with van der Waals surface area (Å²) >= 11 is 0. The lowest BCUT2D eigenvalue weighted by Gasteiger charge is -2.21. The first kappa shape index (κ1) is 19.7. The number of aromatic nitrogens is 2. The Morgan fingerprint density at radius 3 is 2.76 bits per heavy atom. The number of nitrogens with zero attached hydrogens (tertiary/aromatic N) is 3. The molecule has 0 amide bonds. The molecule has 152 valence electrons. The number of hydrogen-bond donors (Lipinski definition) is 1. The molecule has 0 radical (unpaired) electrons. The van der Waals surface area contributed by atoms with Gasteiger partial charge in [-0.25, -0.2) is 18.7 Å². The number of fused-ring (bicyclic) bond motifs is 1. The summed E-state index contributed by atoms with van der Waals surface area (Å²) in [6.45, 7) is 4.53. The van der Waals surface area contributed by atoms with Gasteiger partial charge in [-0.2, -0.15) is 0 Å². The van der Waals surface area contributed by atoms with Crippen LogP contribution in [-0.4, -0.2) is 35.6 Å². The fraction of sp³-hybridized carbons (Fsp3) is 0.391. The van der Waals surface area contributed by atoms with Crippen molar-refractivity contribution < 1.29 is 8.78 Å². The van der Waals surface area contributed by atoms with Crippen LogP contribution >= 0.6 is 0 Å². The number of halogens is 2. The van der Waals surface area contributed by atoms with E-state index in [1.807, 2.05) is 13.0 Å². The highest BCUT2D eigenvalue weighted by Gasteiger charge is 2.19. The smallest absolute Gasteiger partial charge is 0.226 e. The Morgan fingerprint density at radius 2 is 1.90 bits per heavy atom. The van der Waals surface area contributed by atoms with E-state index < -0.39 is 0 Å². The molecule has 0 spiro atoms. The molecule has 0 bridgehead atoms. The van der Waals surface area contributed by atoms with E-state index in [1.165, 1.54) is 18.2 Å². The van der Waals surface area contributed by atoms with Crippen LogP contribution in [0.2, 0.25) is 0 Å². The van der Waals surface area contributed by atoms with Crippen molar-refractivity contribution in [1.29, 1.82) is 0 Å². The topological polar surface area (TPSA) is 41.1 Å². The Bertz CT molecular complexity index is 992. The van der Waals surface area contributed by atoms with Gasteiger partial charge in [0.05, 0.1) is 11.2 Å². The highest BCUT2D eigenvalue weighted by Crippen LogP contribution is 2.22. The van der Waals surface area contributed by atoms with Crippen molar-refractivity contribution in [1.82, 2.24) is 15.3 Å². The van der Waals surface area contributed by atoms with Crippen LogP contribution in [0.15, 0.2) is 42.5 Å². The van der Waals surface area contributed by atoms with Crippen molar-refractivity contribution in [2.45, 2.75) is 38.6 Å². The molecule has 4 rings (SSSR count). The lowest BCUT2D eigenvalue weighted by molar-refractivity contribution is 0.473. The van der Waals surface area contributed by atoms with Gasteiger partial charge in [0, 0.05) is 24.5 Å². The van der Waals surface area contributed by atoms with Gasteiger partial charge in [0.15, 0.2) is 0 Å². The lowest BCUT2D eigenvalue weighted by atomic mass is 10.1. The Balaban J connectivity index is 1.36. The molecule has 2 heterocycles. The molecule has 3 aromatic rings. The van der Waals surface area contributed by atoms with E-state index >= 15 is 0 Å². The van der Waals surface area contributed by atoms with Crippen molar-refractivity contribution >= 4 is 16.9 Å². The second kappa shape index (κ2) is 8.82. The lowest BCUT2D eigenvalue weighted by Crippen LogP contribution is -2.32. The van der Waals surface area contributed by atoms with Crippen LogP contribution < -0.4 is 10.2 Å². The van der Waals surface area contributed by atoms with Gasteiger partial charge in [0.2, 0.25) is 5.95 Å². The molecule has 1 saturated heterocycles. The predicted octanol–water partition coefficient (Wildman–Crippen LogP) is 4.41. The van der Waals surface area contributed by atoms with Crippen molar-refractivity contribution in [2.75, 3.05) is 24.5 Å².